The van der Waals surface area contributed by atoms with E-state index in [0.29, 0.717) is 5.69 Å². The fourth-order valence-corrected chi connectivity index (χ4v) is 3.07. The Morgan fingerprint density at radius 1 is 1.15 bits per heavy atom. The summed E-state index contributed by atoms with van der Waals surface area (Å²) in [5, 5.41) is 8.76. The van der Waals surface area contributed by atoms with Crippen LogP contribution in [0.3, 0.4) is 0 Å². The molecule has 0 bridgehead atoms. The molecular weight excluding hydrogens is 279 g/mol. The van der Waals surface area contributed by atoms with Crippen LogP contribution in [0.2, 0.25) is 0 Å². The van der Waals surface area contributed by atoms with Gasteiger partial charge in [0.05, 0.1) is 22.3 Å². The first-order chi connectivity index (χ1) is 9.42. The van der Waals surface area contributed by atoms with Gasteiger partial charge < -0.3 is 5.73 Å². The lowest BCUT2D eigenvalue weighted by atomic mass is 10.1. The number of sulfone groups is 1. The van der Waals surface area contributed by atoms with Gasteiger partial charge in [0.15, 0.2) is 9.84 Å². The first-order valence-electron chi connectivity index (χ1n) is 5.69. The van der Waals surface area contributed by atoms with Gasteiger partial charge in [-0.2, -0.15) is 5.26 Å². The van der Waals surface area contributed by atoms with Crippen LogP contribution >= 0.6 is 0 Å². The average molecular weight is 290 g/mol. The number of nitrogen functional groups attached to an aromatic ring is 1. The van der Waals surface area contributed by atoms with Gasteiger partial charge in [0.2, 0.25) is 0 Å². The third-order valence-corrected chi connectivity index (χ3v) is 4.44. The van der Waals surface area contributed by atoms with E-state index in [9.17, 15) is 12.8 Å². The number of anilines is 1. The quantitative estimate of drug-likeness (QED) is 0.879. The maximum absolute atomic E-state index is 13.6. The number of benzene rings is 2. The van der Waals surface area contributed by atoms with Crippen LogP contribution in [-0.2, 0) is 15.6 Å². The number of hydrogen-bond donors (Lipinski definition) is 1. The topological polar surface area (TPSA) is 84.0 Å². The number of hydrogen-bond acceptors (Lipinski definition) is 4. The van der Waals surface area contributed by atoms with Crippen LogP contribution in [0.25, 0.3) is 0 Å². The SMILES string of the molecule is N#Cc1ccc(F)c(CS(=O)(=O)c2ccc(N)cc2)c1. The number of nitriles is 1. The number of nitrogens with two attached hydrogens (primary N) is 1. The molecule has 0 radical (unpaired) electrons. The van der Waals surface area contributed by atoms with Gasteiger partial charge in [-0.3, -0.25) is 0 Å². The molecule has 20 heavy (non-hydrogen) atoms. The van der Waals surface area contributed by atoms with E-state index in [1.54, 1.807) is 0 Å². The van der Waals surface area contributed by atoms with Crippen LogP contribution in [-0.4, -0.2) is 8.42 Å². The van der Waals surface area contributed by atoms with Gasteiger partial charge in [-0.05, 0) is 42.5 Å². The number of rotatable bonds is 3. The molecule has 2 rings (SSSR count). The molecule has 6 heteroatoms. The van der Waals surface area contributed by atoms with Crippen molar-refractivity contribution in [2.24, 2.45) is 0 Å². The highest BCUT2D eigenvalue weighted by molar-refractivity contribution is 7.90. The third kappa shape index (κ3) is 2.95. The van der Waals surface area contributed by atoms with Gasteiger partial charge in [0.1, 0.15) is 5.82 Å². The molecule has 0 saturated heterocycles. The minimum absolute atomic E-state index is 0.0270. The van der Waals surface area contributed by atoms with Gasteiger partial charge in [0, 0.05) is 11.3 Å². The normalized spacial score (nSPS) is 11.0. The predicted molar refractivity (Wildman–Crippen MR) is 72.9 cm³/mol. The van der Waals surface area contributed by atoms with E-state index in [1.165, 1.54) is 36.4 Å². The van der Waals surface area contributed by atoms with Crippen molar-refractivity contribution in [2.75, 3.05) is 5.73 Å². The first kappa shape index (κ1) is 14.0. The number of nitrogens with zero attached hydrogens (tertiary/aromatic N) is 1. The van der Waals surface area contributed by atoms with E-state index in [4.69, 9.17) is 11.0 Å². The van der Waals surface area contributed by atoms with E-state index in [0.717, 1.165) is 6.07 Å². The smallest absolute Gasteiger partial charge is 0.182 e. The molecule has 0 aromatic heterocycles. The highest BCUT2D eigenvalue weighted by atomic mass is 32.2. The molecule has 0 aliphatic heterocycles. The second-order valence-electron chi connectivity index (χ2n) is 4.25. The summed E-state index contributed by atoms with van der Waals surface area (Å²) in [6, 6.07) is 11.2. The highest BCUT2D eigenvalue weighted by Gasteiger charge is 2.18. The third-order valence-electron chi connectivity index (χ3n) is 2.76. The van der Waals surface area contributed by atoms with E-state index >= 15 is 0 Å². The second kappa shape index (κ2) is 5.31. The van der Waals surface area contributed by atoms with E-state index in [1.807, 2.05) is 6.07 Å². The maximum Gasteiger partial charge on any atom is 0.182 e. The van der Waals surface area contributed by atoms with Gasteiger partial charge >= 0.3 is 0 Å². The monoisotopic (exact) mass is 290 g/mol. The van der Waals surface area contributed by atoms with Crippen molar-refractivity contribution in [3.8, 4) is 6.07 Å². The summed E-state index contributed by atoms with van der Waals surface area (Å²) in [6.07, 6.45) is 0. The van der Waals surface area contributed by atoms with Crippen molar-refractivity contribution in [3.05, 3.63) is 59.4 Å². The molecule has 0 unspecified atom stereocenters. The second-order valence-corrected chi connectivity index (χ2v) is 6.24. The molecule has 0 heterocycles. The Labute approximate surface area is 116 Å². The fraction of sp³-hybridized carbons (Fsp3) is 0.0714. The van der Waals surface area contributed by atoms with Gasteiger partial charge in [-0.25, -0.2) is 12.8 Å². The molecule has 2 N–H and O–H groups in total. The van der Waals surface area contributed by atoms with Gasteiger partial charge in [-0.1, -0.05) is 0 Å². The van der Waals surface area contributed by atoms with Crippen LogP contribution in [0.5, 0.6) is 0 Å². The standard InChI is InChI=1S/C14H11FN2O2S/c15-14-6-1-10(8-16)7-11(14)9-20(18,19)13-4-2-12(17)3-5-13/h1-7H,9,17H2. The van der Waals surface area contributed by atoms with Crippen LogP contribution in [0, 0.1) is 17.1 Å². The van der Waals surface area contributed by atoms with Gasteiger partial charge in [0.25, 0.3) is 0 Å². The summed E-state index contributed by atoms with van der Waals surface area (Å²) >= 11 is 0. The molecule has 0 aliphatic rings. The van der Waals surface area contributed by atoms with E-state index in [-0.39, 0.29) is 16.0 Å². The molecule has 0 amide bonds. The molecular formula is C14H11FN2O2S. The molecule has 0 atom stereocenters. The molecule has 2 aromatic rings. The summed E-state index contributed by atoms with van der Waals surface area (Å²) in [5.74, 6) is -1.15. The zero-order valence-electron chi connectivity index (χ0n) is 10.4. The van der Waals surface area contributed by atoms with Crippen LogP contribution in [0.15, 0.2) is 47.4 Å². The van der Waals surface area contributed by atoms with Crippen molar-refractivity contribution < 1.29 is 12.8 Å². The number of halogens is 1. The lowest BCUT2D eigenvalue weighted by molar-refractivity contribution is 0.587. The summed E-state index contributed by atoms with van der Waals surface area (Å²) in [4.78, 5) is 0.0634. The van der Waals surface area contributed by atoms with Crippen molar-refractivity contribution in [3.63, 3.8) is 0 Å². The molecule has 0 fully saturated rings. The van der Waals surface area contributed by atoms with Crippen molar-refractivity contribution in [2.45, 2.75) is 10.6 Å². The zero-order valence-corrected chi connectivity index (χ0v) is 11.2. The summed E-state index contributed by atoms with van der Waals surface area (Å²) in [7, 11) is -3.68. The molecule has 4 nitrogen and oxygen atoms in total. The average Bonchev–Trinajstić information content (AvgIpc) is 2.41. The fourth-order valence-electron chi connectivity index (χ4n) is 1.72. The minimum Gasteiger partial charge on any atom is -0.399 e. The molecule has 0 saturated carbocycles. The maximum atomic E-state index is 13.6. The first-order valence-corrected chi connectivity index (χ1v) is 7.34. The largest absolute Gasteiger partial charge is 0.399 e. The molecule has 102 valence electrons. The van der Waals surface area contributed by atoms with E-state index in [2.05, 4.69) is 0 Å². The van der Waals surface area contributed by atoms with Gasteiger partial charge in [-0.15, -0.1) is 0 Å². The van der Waals surface area contributed by atoms with Crippen molar-refractivity contribution in [1.82, 2.24) is 0 Å². The van der Waals surface area contributed by atoms with Crippen LogP contribution < -0.4 is 5.73 Å². The Bertz CT molecular complexity index is 778. The molecule has 0 spiro atoms. The lowest BCUT2D eigenvalue weighted by Gasteiger charge is -2.06. The minimum atomic E-state index is -3.68. The summed E-state index contributed by atoms with van der Waals surface area (Å²) in [5.41, 5.74) is 6.13. The lowest BCUT2D eigenvalue weighted by Crippen LogP contribution is -2.07. The van der Waals surface area contributed by atoms with Crippen LogP contribution in [0.4, 0.5) is 10.1 Å². The molecule has 0 aliphatic carbocycles. The Kier molecular flexibility index (Phi) is 3.72. The van der Waals surface area contributed by atoms with Crippen LogP contribution in [0.1, 0.15) is 11.1 Å². The Morgan fingerprint density at radius 3 is 2.40 bits per heavy atom. The highest BCUT2D eigenvalue weighted by Crippen LogP contribution is 2.20. The zero-order chi connectivity index (χ0) is 14.8. The van der Waals surface area contributed by atoms with Crippen molar-refractivity contribution in [1.29, 1.82) is 5.26 Å². The Hall–Kier alpha value is -2.39. The summed E-state index contributed by atoms with van der Waals surface area (Å²) in [6.45, 7) is 0. The molecule has 2 aromatic carbocycles. The Balaban J connectivity index is 2.38. The van der Waals surface area contributed by atoms with Crippen molar-refractivity contribution >= 4 is 15.5 Å². The summed E-state index contributed by atoms with van der Waals surface area (Å²) < 4.78 is 38.0. The van der Waals surface area contributed by atoms with E-state index < -0.39 is 21.4 Å². The Morgan fingerprint density at radius 2 is 1.80 bits per heavy atom. The predicted octanol–water partition coefficient (Wildman–Crippen LogP) is 2.25.